The summed E-state index contributed by atoms with van der Waals surface area (Å²) in [5.41, 5.74) is 1.42. The minimum absolute atomic E-state index is 0.414. The Kier molecular flexibility index (Phi) is 7.43. The number of anilines is 1. The average molecular weight is 369 g/mol. The molecule has 0 bridgehead atoms. The number of amides is 1. The quantitative estimate of drug-likeness (QED) is 0.568. The van der Waals surface area contributed by atoms with E-state index in [2.05, 4.69) is 5.32 Å². The van der Waals surface area contributed by atoms with E-state index in [9.17, 15) is 9.59 Å². The second kappa shape index (κ2) is 10.0. The molecular weight excluding hydrogens is 346 g/mol. The highest BCUT2D eigenvalue weighted by atomic mass is 16.5. The van der Waals surface area contributed by atoms with Gasteiger partial charge in [0.15, 0.2) is 6.10 Å². The van der Waals surface area contributed by atoms with Crippen molar-refractivity contribution in [3.8, 4) is 11.5 Å². The van der Waals surface area contributed by atoms with E-state index in [-0.39, 0.29) is 0 Å². The zero-order valence-electron chi connectivity index (χ0n) is 15.6. The second-order valence-corrected chi connectivity index (χ2v) is 5.63. The molecule has 1 atom stereocenters. The molecule has 142 valence electrons. The lowest BCUT2D eigenvalue weighted by atomic mass is 10.2. The van der Waals surface area contributed by atoms with Crippen LogP contribution in [0.5, 0.6) is 11.5 Å². The molecule has 6 nitrogen and oxygen atoms in total. The summed E-state index contributed by atoms with van der Waals surface area (Å²) in [6.45, 7) is 4.02. The predicted molar refractivity (Wildman–Crippen MR) is 104 cm³/mol. The Labute approximate surface area is 158 Å². The molecule has 0 fully saturated rings. The van der Waals surface area contributed by atoms with Crippen molar-refractivity contribution in [3.63, 3.8) is 0 Å². The van der Waals surface area contributed by atoms with Crippen LogP contribution >= 0.6 is 0 Å². The number of rotatable bonds is 8. The van der Waals surface area contributed by atoms with E-state index >= 15 is 0 Å². The first-order valence-corrected chi connectivity index (χ1v) is 8.58. The Morgan fingerprint density at radius 2 is 1.67 bits per heavy atom. The van der Waals surface area contributed by atoms with Crippen LogP contribution in [0.15, 0.2) is 54.6 Å². The third kappa shape index (κ3) is 6.51. The molecule has 0 aliphatic rings. The Hall–Kier alpha value is -3.28. The van der Waals surface area contributed by atoms with Crippen molar-refractivity contribution in [3.05, 3.63) is 60.2 Å². The van der Waals surface area contributed by atoms with Gasteiger partial charge in [-0.2, -0.15) is 0 Å². The standard InChI is InChI=1S/C21H23NO5/c1-4-26-19-10-5-16(6-11-19)7-14-20(23)27-15(2)21(24)22-17-8-12-18(25-3)13-9-17/h5-15H,4H2,1-3H3,(H,22,24)/b14-7+. The maximum Gasteiger partial charge on any atom is 0.331 e. The zero-order valence-corrected chi connectivity index (χ0v) is 15.6. The number of hydrogen-bond acceptors (Lipinski definition) is 5. The van der Waals surface area contributed by atoms with Gasteiger partial charge in [0, 0.05) is 11.8 Å². The van der Waals surface area contributed by atoms with Crippen molar-refractivity contribution >= 4 is 23.6 Å². The van der Waals surface area contributed by atoms with Gasteiger partial charge in [0.2, 0.25) is 0 Å². The summed E-state index contributed by atoms with van der Waals surface area (Å²) in [6, 6.07) is 14.2. The molecule has 2 aromatic carbocycles. The molecule has 6 heteroatoms. The lowest BCUT2D eigenvalue weighted by Gasteiger charge is -2.12. The fraction of sp³-hybridized carbons (Fsp3) is 0.238. The molecule has 0 aromatic heterocycles. The van der Waals surface area contributed by atoms with Gasteiger partial charge >= 0.3 is 5.97 Å². The molecule has 0 heterocycles. The van der Waals surface area contributed by atoms with Crippen LogP contribution in [0.25, 0.3) is 6.08 Å². The van der Waals surface area contributed by atoms with Gasteiger partial charge in [0.1, 0.15) is 11.5 Å². The summed E-state index contributed by atoms with van der Waals surface area (Å²) in [7, 11) is 1.57. The summed E-state index contributed by atoms with van der Waals surface area (Å²) < 4.78 is 15.5. The molecule has 1 N–H and O–H groups in total. The number of nitrogens with one attached hydrogen (secondary N) is 1. The topological polar surface area (TPSA) is 73.9 Å². The van der Waals surface area contributed by atoms with Crippen LogP contribution in [0, 0.1) is 0 Å². The summed E-state index contributed by atoms with van der Waals surface area (Å²) in [5, 5.41) is 2.68. The molecule has 2 rings (SSSR count). The fourth-order valence-electron chi connectivity index (χ4n) is 2.19. The van der Waals surface area contributed by atoms with Gasteiger partial charge < -0.3 is 19.5 Å². The molecule has 1 unspecified atom stereocenters. The van der Waals surface area contributed by atoms with Gasteiger partial charge in [-0.05, 0) is 61.9 Å². The van der Waals surface area contributed by atoms with Crippen LogP contribution in [-0.2, 0) is 14.3 Å². The highest BCUT2D eigenvalue weighted by Gasteiger charge is 2.16. The zero-order chi connectivity index (χ0) is 19.6. The summed E-state index contributed by atoms with van der Waals surface area (Å²) >= 11 is 0. The number of esters is 1. The Morgan fingerprint density at radius 3 is 2.26 bits per heavy atom. The van der Waals surface area contributed by atoms with Crippen molar-refractivity contribution in [1.82, 2.24) is 0 Å². The molecule has 0 aliphatic heterocycles. The van der Waals surface area contributed by atoms with Crippen LogP contribution in [-0.4, -0.2) is 31.7 Å². The lowest BCUT2D eigenvalue weighted by Crippen LogP contribution is -2.29. The van der Waals surface area contributed by atoms with Crippen molar-refractivity contribution in [2.45, 2.75) is 20.0 Å². The van der Waals surface area contributed by atoms with E-state index in [0.717, 1.165) is 11.3 Å². The third-order valence-corrected chi connectivity index (χ3v) is 3.62. The highest BCUT2D eigenvalue weighted by Crippen LogP contribution is 2.16. The summed E-state index contributed by atoms with van der Waals surface area (Å²) in [6.07, 6.45) is 1.98. The monoisotopic (exact) mass is 369 g/mol. The average Bonchev–Trinajstić information content (AvgIpc) is 2.68. The fourth-order valence-corrected chi connectivity index (χ4v) is 2.19. The summed E-state index contributed by atoms with van der Waals surface area (Å²) in [5.74, 6) is 0.442. The molecule has 1 amide bonds. The van der Waals surface area contributed by atoms with E-state index in [4.69, 9.17) is 14.2 Å². The smallest absolute Gasteiger partial charge is 0.331 e. The number of carbonyl (C=O) groups excluding carboxylic acids is 2. The molecular formula is C21H23NO5. The van der Waals surface area contributed by atoms with Gasteiger partial charge in [-0.15, -0.1) is 0 Å². The number of ether oxygens (including phenoxy) is 3. The summed E-state index contributed by atoms with van der Waals surface area (Å²) in [4.78, 5) is 24.0. The molecule has 27 heavy (non-hydrogen) atoms. The number of hydrogen-bond donors (Lipinski definition) is 1. The molecule has 0 radical (unpaired) electrons. The van der Waals surface area contributed by atoms with E-state index in [1.165, 1.54) is 13.0 Å². The second-order valence-electron chi connectivity index (χ2n) is 5.63. The minimum atomic E-state index is -0.926. The van der Waals surface area contributed by atoms with Crippen LogP contribution in [0.1, 0.15) is 19.4 Å². The SMILES string of the molecule is CCOc1ccc(/C=C/C(=O)OC(C)C(=O)Nc2ccc(OC)cc2)cc1. The van der Waals surface area contributed by atoms with Crippen LogP contribution in [0.2, 0.25) is 0 Å². The molecule has 0 saturated carbocycles. The van der Waals surface area contributed by atoms with Gasteiger partial charge in [-0.1, -0.05) is 12.1 Å². The lowest BCUT2D eigenvalue weighted by molar-refractivity contribution is -0.148. The normalized spacial score (nSPS) is 11.7. The van der Waals surface area contributed by atoms with Gasteiger partial charge in [0.25, 0.3) is 5.91 Å². The number of carbonyl (C=O) groups is 2. The molecule has 0 spiro atoms. The first-order chi connectivity index (χ1) is 13.0. The Balaban J connectivity index is 1.85. The van der Waals surface area contributed by atoms with Gasteiger partial charge in [-0.25, -0.2) is 4.79 Å². The molecule has 0 aliphatic carbocycles. The Bertz CT molecular complexity index is 781. The highest BCUT2D eigenvalue weighted by molar-refractivity contribution is 5.96. The van der Waals surface area contributed by atoms with Crippen molar-refractivity contribution in [2.75, 3.05) is 19.0 Å². The number of methoxy groups -OCH3 is 1. The maximum atomic E-state index is 12.1. The van der Waals surface area contributed by atoms with Crippen LogP contribution in [0.3, 0.4) is 0 Å². The maximum absolute atomic E-state index is 12.1. The molecule has 2 aromatic rings. The first-order valence-electron chi connectivity index (χ1n) is 8.58. The van der Waals surface area contributed by atoms with Gasteiger partial charge in [0.05, 0.1) is 13.7 Å². The largest absolute Gasteiger partial charge is 0.497 e. The predicted octanol–water partition coefficient (Wildman–Crippen LogP) is 3.68. The minimum Gasteiger partial charge on any atom is -0.497 e. The third-order valence-electron chi connectivity index (χ3n) is 3.62. The van der Waals surface area contributed by atoms with E-state index in [1.807, 2.05) is 31.2 Å². The van der Waals surface area contributed by atoms with Crippen LogP contribution in [0.4, 0.5) is 5.69 Å². The van der Waals surface area contributed by atoms with E-state index < -0.39 is 18.0 Å². The van der Waals surface area contributed by atoms with E-state index in [0.29, 0.717) is 18.0 Å². The van der Waals surface area contributed by atoms with Crippen molar-refractivity contribution in [2.24, 2.45) is 0 Å². The number of benzene rings is 2. The van der Waals surface area contributed by atoms with E-state index in [1.54, 1.807) is 37.5 Å². The van der Waals surface area contributed by atoms with Crippen molar-refractivity contribution < 1.29 is 23.8 Å². The molecule has 0 saturated heterocycles. The van der Waals surface area contributed by atoms with Crippen molar-refractivity contribution in [1.29, 1.82) is 0 Å². The first kappa shape index (κ1) is 20.0. The van der Waals surface area contributed by atoms with Gasteiger partial charge in [-0.3, -0.25) is 4.79 Å². The Morgan fingerprint density at radius 1 is 1.04 bits per heavy atom. The van der Waals surface area contributed by atoms with Crippen LogP contribution < -0.4 is 14.8 Å².